The molecule has 0 aliphatic rings. The molecular weight excluding hydrogens is 263 g/mol. The number of hydrogen-bond donors (Lipinski definition) is 0. The third kappa shape index (κ3) is 2.02. The Labute approximate surface area is 85.6 Å². The fourth-order valence-electron chi connectivity index (χ4n) is 0.854. The predicted molar refractivity (Wildman–Crippen MR) is 45.8 cm³/mol. The van der Waals surface area contributed by atoms with Crippen molar-refractivity contribution >= 4 is 22.0 Å². The second-order valence-electron chi connectivity index (χ2n) is 2.37. The minimum atomic E-state index is -1.33. The molecule has 0 radical (unpaired) electrons. The molecule has 1 aromatic carbocycles. The first-order valence-corrected chi connectivity index (χ1v) is 4.22. The van der Waals surface area contributed by atoms with E-state index in [0.717, 1.165) is 12.1 Å². The van der Waals surface area contributed by atoms with Crippen LogP contribution in [-0.4, -0.2) is 6.08 Å². The van der Waals surface area contributed by atoms with E-state index in [1.54, 1.807) is 0 Å². The van der Waals surface area contributed by atoms with E-state index in [2.05, 4.69) is 20.9 Å². The lowest BCUT2D eigenvalue weighted by Crippen LogP contribution is -1.97. The van der Waals surface area contributed by atoms with Crippen molar-refractivity contribution in [2.75, 3.05) is 0 Å². The molecule has 0 heterocycles. The van der Waals surface area contributed by atoms with Crippen LogP contribution < -0.4 is 0 Å². The lowest BCUT2D eigenvalue weighted by atomic mass is 10.2. The highest BCUT2D eigenvalue weighted by atomic mass is 79.9. The van der Waals surface area contributed by atoms with Crippen LogP contribution in [0.5, 0.6) is 0 Å². The van der Waals surface area contributed by atoms with Crippen LogP contribution in [0.2, 0.25) is 0 Å². The van der Waals surface area contributed by atoms with Crippen molar-refractivity contribution < 1.29 is 18.0 Å². The molecule has 0 bridgehead atoms. The molecule has 0 aliphatic heterocycles. The maximum absolute atomic E-state index is 13.0. The van der Waals surface area contributed by atoms with Crippen LogP contribution in [0.25, 0.3) is 0 Å². The van der Waals surface area contributed by atoms with Crippen molar-refractivity contribution in [1.29, 1.82) is 0 Å². The molecule has 0 N–H and O–H groups in total. The van der Waals surface area contributed by atoms with Gasteiger partial charge in [0.1, 0.15) is 5.82 Å². The van der Waals surface area contributed by atoms with Gasteiger partial charge < -0.3 is 0 Å². The van der Waals surface area contributed by atoms with Crippen LogP contribution in [-0.2, 0) is 11.3 Å². The second kappa shape index (κ2) is 4.39. The minimum Gasteiger partial charge on any atom is -0.211 e. The number of aliphatic imine (C=N–C) groups is 1. The van der Waals surface area contributed by atoms with Gasteiger partial charge in [-0.05, 0) is 22.0 Å². The van der Waals surface area contributed by atoms with Gasteiger partial charge in [-0.15, -0.1) is 0 Å². The van der Waals surface area contributed by atoms with Gasteiger partial charge in [0.2, 0.25) is 6.08 Å². The highest BCUT2D eigenvalue weighted by molar-refractivity contribution is 9.10. The summed E-state index contributed by atoms with van der Waals surface area (Å²) < 4.78 is 38.2. The van der Waals surface area contributed by atoms with Gasteiger partial charge in [-0.2, -0.15) is 0 Å². The number of halogens is 4. The van der Waals surface area contributed by atoms with Crippen LogP contribution in [0.3, 0.4) is 0 Å². The molecule has 0 fully saturated rings. The molecule has 0 atom stereocenters. The van der Waals surface area contributed by atoms with Crippen molar-refractivity contribution in [3.8, 4) is 0 Å². The fraction of sp³-hybridized carbons (Fsp3) is 0.125. The van der Waals surface area contributed by atoms with E-state index >= 15 is 0 Å². The summed E-state index contributed by atoms with van der Waals surface area (Å²) in [6.45, 7) is -0.434. The fourth-order valence-corrected chi connectivity index (χ4v) is 1.14. The SMILES string of the molecule is O=C=NCc1cc(F)c(Br)c(F)c1F. The first-order chi connectivity index (χ1) is 6.57. The van der Waals surface area contributed by atoms with Gasteiger partial charge in [-0.25, -0.2) is 23.0 Å². The maximum Gasteiger partial charge on any atom is 0.235 e. The van der Waals surface area contributed by atoms with Crippen LogP contribution in [0, 0.1) is 17.5 Å². The Bertz CT molecular complexity index is 416. The zero-order chi connectivity index (χ0) is 10.7. The molecule has 0 amide bonds. The van der Waals surface area contributed by atoms with E-state index in [-0.39, 0.29) is 5.56 Å². The van der Waals surface area contributed by atoms with Gasteiger partial charge in [0, 0.05) is 5.56 Å². The van der Waals surface area contributed by atoms with Crippen molar-refractivity contribution in [2.45, 2.75) is 6.54 Å². The van der Waals surface area contributed by atoms with Crippen LogP contribution in [0.15, 0.2) is 15.5 Å². The van der Waals surface area contributed by atoms with Crippen molar-refractivity contribution in [3.63, 3.8) is 0 Å². The quantitative estimate of drug-likeness (QED) is 0.350. The second-order valence-corrected chi connectivity index (χ2v) is 3.16. The Morgan fingerprint density at radius 3 is 2.57 bits per heavy atom. The van der Waals surface area contributed by atoms with E-state index in [9.17, 15) is 18.0 Å². The smallest absolute Gasteiger partial charge is 0.211 e. The first-order valence-electron chi connectivity index (χ1n) is 3.43. The van der Waals surface area contributed by atoms with Crippen LogP contribution in [0.1, 0.15) is 5.56 Å². The molecule has 6 heteroatoms. The summed E-state index contributed by atoms with van der Waals surface area (Å²) in [5.74, 6) is -3.50. The van der Waals surface area contributed by atoms with Crippen molar-refractivity contribution in [3.05, 3.63) is 33.6 Å². The van der Waals surface area contributed by atoms with E-state index in [4.69, 9.17) is 0 Å². The highest BCUT2D eigenvalue weighted by Gasteiger charge is 2.16. The molecule has 1 rings (SSSR count). The monoisotopic (exact) mass is 265 g/mol. The lowest BCUT2D eigenvalue weighted by Gasteiger charge is -2.02. The number of hydrogen-bond acceptors (Lipinski definition) is 2. The van der Waals surface area contributed by atoms with Crippen molar-refractivity contribution in [1.82, 2.24) is 0 Å². The Balaban J connectivity index is 3.25. The average molecular weight is 266 g/mol. The van der Waals surface area contributed by atoms with Crippen LogP contribution in [0.4, 0.5) is 13.2 Å². The average Bonchev–Trinajstić information content (AvgIpc) is 2.18. The maximum atomic E-state index is 13.0. The predicted octanol–water partition coefficient (Wildman–Crippen LogP) is 2.70. The molecule has 0 aliphatic carbocycles. The van der Waals surface area contributed by atoms with Gasteiger partial charge >= 0.3 is 0 Å². The largest absolute Gasteiger partial charge is 0.235 e. The molecular formula is C8H3BrF3NO. The van der Waals surface area contributed by atoms with Crippen molar-refractivity contribution in [2.24, 2.45) is 4.99 Å². The number of benzene rings is 1. The van der Waals surface area contributed by atoms with E-state index < -0.39 is 28.5 Å². The summed E-state index contributed by atoms with van der Waals surface area (Å²) in [6, 6.07) is 0.767. The molecule has 1 aromatic rings. The summed E-state index contributed by atoms with van der Waals surface area (Å²) in [5, 5.41) is 0. The normalized spacial score (nSPS) is 9.71. The molecule has 0 saturated heterocycles. The van der Waals surface area contributed by atoms with Gasteiger partial charge in [0.15, 0.2) is 11.6 Å². The van der Waals surface area contributed by atoms with E-state index in [1.807, 2.05) is 0 Å². The number of carbonyl (C=O) groups excluding carboxylic acids is 1. The molecule has 0 saturated carbocycles. The summed E-state index contributed by atoms with van der Waals surface area (Å²) in [5.41, 5.74) is -0.327. The third-order valence-electron chi connectivity index (χ3n) is 1.49. The van der Waals surface area contributed by atoms with Gasteiger partial charge in [0.05, 0.1) is 11.0 Å². The standard InChI is InChI=1S/C8H3BrF3NO/c9-6-5(10)1-4(2-13-3-14)7(11)8(6)12/h1H,2H2. The van der Waals surface area contributed by atoms with E-state index in [0.29, 0.717) is 0 Å². The van der Waals surface area contributed by atoms with Gasteiger partial charge in [-0.1, -0.05) is 0 Å². The highest BCUT2D eigenvalue weighted by Crippen LogP contribution is 2.24. The zero-order valence-corrected chi connectivity index (χ0v) is 8.24. The topological polar surface area (TPSA) is 29.4 Å². The molecule has 0 unspecified atom stereocenters. The Morgan fingerprint density at radius 2 is 2.00 bits per heavy atom. The number of rotatable bonds is 2. The zero-order valence-electron chi connectivity index (χ0n) is 6.65. The molecule has 0 aromatic heterocycles. The molecule has 2 nitrogen and oxygen atoms in total. The lowest BCUT2D eigenvalue weighted by molar-refractivity contribution is 0.478. The Morgan fingerprint density at radius 1 is 1.36 bits per heavy atom. The molecule has 0 spiro atoms. The third-order valence-corrected chi connectivity index (χ3v) is 2.22. The first kappa shape index (κ1) is 10.9. The molecule has 14 heavy (non-hydrogen) atoms. The summed E-state index contributed by atoms with van der Waals surface area (Å²) in [6.07, 6.45) is 1.15. The minimum absolute atomic E-state index is 0.327. The Hall–Kier alpha value is -1.13. The summed E-state index contributed by atoms with van der Waals surface area (Å²) >= 11 is 2.53. The summed E-state index contributed by atoms with van der Waals surface area (Å²) in [4.78, 5) is 12.7. The molecule has 74 valence electrons. The van der Waals surface area contributed by atoms with Gasteiger partial charge in [0.25, 0.3) is 0 Å². The van der Waals surface area contributed by atoms with Crippen LogP contribution >= 0.6 is 15.9 Å². The van der Waals surface area contributed by atoms with Gasteiger partial charge in [-0.3, -0.25) is 0 Å². The number of isocyanates is 1. The van der Waals surface area contributed by atoms with E-state index in [1.165, 1.54) is 0 Å². The summed E-state index contributed by atoms with van der Waals surface area (Å²) in [7, 11) is 0. The Kier molecular flexibility index (Phi) is 3.43. The number of nitrogens with zero attached hydrogens (tertiary/aromatic N) is 1.